The number of nitro groups is 1. The molecule has 0 heterocycles. The number of Topliss-reactive ketones (excluding diaryl/α,β-unsaturated/α-hetero) is 1. The Morgan fingerprint density at radius 2 is 2.12 bits per heavy atom. The molecular formula is C12H14FNO3. The Morgan fingerprint density at radius 1 is 1.47 bits per heavy atom. The number of hydrogen-bond donors (Lipinski definition) is 0. The fourth-order valence-electron chi connectivity index (χ4n) is 1.41. The summed E-state index contributed by atoms with van der Waals surface area (Å²) in [4.78, 5) is 21.0. The van der Waals surface area contributed by atoms with Gasteiger partial charge in [-0.2, -0.15) is 4.39 Å². The molecule has 17 heavy (non-hydrogen) atoms. The van der Waals surface area contributed by atoms with Crippen molar-refractivity contribution in [3.05, 3.63) is 39.7 Å². The smallest absolute Gasteiger partial charge is 0.299 e. The van der Waals surface area contributed by atoms with Gasteiger partial charge in [0.1, 0.15) is 5.78 Å². The zero-order valence-electron chi connectivity index (χ0n) is 9.77. The van der Waals surface area contributed by atoms with E-state index in [0.29, 0.717) is 18.4 Å². The molecule has 0 unspecified atom stereocenters. The average molecular weight is 239 g/mol. The number of aryl methyl sites for hydroxylation is 1. The Labute approximate surface area is 98.6 Å². The molecule has 0 saturated carbocycles. The van der Waals surface area contributed by atoms with Crippen molar-refractivity contribution in [3.8, 4) is 0 Å². The van der Waals surface area contributed by atoms with Crippen LogP contribution in [0.15, 0.2) is 18.2 Å². The summed E-state index contributed by atoms with van der Waals surface area (Å²) in [5.74, 6) is -0.800. The van der Waals surface area contributed by atoms with Crippen LogP contribution >= 0.6 is 0 Å². The van der Waals surface area contributed by atoms with E-state index in [0.717, 1.165) is 12.1 Å². The quantitative estimate of drug-likeness (QED) is 0.586. The summed E-state index contributed by atoms with van der Waals surface area (Å²) in [5.41, 5.74) is 0.0611. The van der Waals surface area contributed by atoms with Gasteiger partial charge < -0.3 is 0 Å². The molecule has 1 aromatic carbocycles. The lowest BCUT2D eigenvalue weighted by molar-refractivity contribution is -0.387. The van der Waals surface area contributed by atoms with Gasteiger partial charge in [0.15, 0.2) is 0 Å². The number of carbonyl (C=O) groups is 1. The third-order valence-electron chi connectivity index (χ3n) is 2.51. The third kappa shape index (κ3) is 3.62. The zero-order chi connectivity index (χ0) is 13.0. The highest BCUT2D eigenvalue weighted by atomic mass is 19.1. The Bertz CT molecular complexity index is 443. The van der Waals surface area contributed by atoms with E-state index in [4.69, 9.17) is 0 Å². The van der Waals surface area contributed by atoms with E-state index < -0.39 is 16.4 Å². The van der Waals surface area contributed by atoms with Crippen molar-refractivity contribution in [2.45, 2.75) is 26.7 Å². The van der Waals surface area contributed by atoms with Gasteiger partial charge in [-0.3, -0.25) is 14.9 Å². The molecule has 0 saturated heterocycles. The Kier molecular flexibility index (Phi) is 4.31. The maximum absolute atomic E-state index is 13.3. The summed E-state index contributed by atoms with van der Waals surface area (Å²) in [6, 6.07) is 3.73. The van der Waals surface area contributed by atoms with Gasteiger partial charge in [0.25, 0.3) is 0 Å². The van der Waals surface area contributed by atoms with E-state index in [1.54, 1.807) is 13.8 Å². The van der Waals surface area contributed by atoms with Gasteiger partial charge in [-0.05, 0) is 18.1 Å². The predicted octanol–water partition coefficient (Wildman–Crippen LogP) is 2.89. The lowest BCUT2D eigenvalue weighted by atomic mass is 10.0. The zero-order valence-corrected chi connectivity index (χ0v) is 9.77. The van der Waals surface area contributed by atoms with Crippen LogP contribution in [-0.4, -0.2) is 10.7 Å². The van der Waals surface area contributed by atoms with Crippen LogP contribution in [-0.2, 0) is 11.2 Å². The summed E-state index contributed by atoms with van der Waals surface area (Å²) in [5, 5.41) is 10.4. The van der Waals surface area contributed by atoms with Crippen molar-refractivity contribution >= 4 is 11.5 Å². The van der Waals surface area contributed by atoms with Crippen LogP contribution in [0.25, 0.3) is 0 Å². The highest BCUT2D eigenvalue weighted by molar-refractivity contribution is 5.80. The molecule has 0 aliphatic rings. The van der Waals surface area contributed by atoms with Crippen LogP contribution in [0.5, 0.6) is 0 Å². The molecule has 0 spiro atoms. The second-order valence-corrected chi connectivity index (χ2v) is 4.16. The van der Waals surface area contributed by atoms with E-state index in [9.17, 15) is 19.3 Å². The molecule has 1 aromatic rings. The number of nitrogens with zero attached hydrogens (tertiary/aromatic N) is 1. The number of ketones is 1. The normalized spacial score (nSPS) is 10.6. The van der Waals surface area contributed by atoms with E-state index in [1.807, 2.05) is 0 Å². The fraction of sp³-hybridized carbons (Fsp3) is 0.417. The molecule has 0 aromatic heterocycles. The van der Waals surface area contributed by atoms with Crippen LogP contribution < -0.4 is 0 Å². The molecule has 5 heteroatoms. The van der Waals surface area contributed by atoms with Crippen molar-refractivity contribution in [2.24, 2.45) is 5.92 Å². The van der Waals surface area contributed by atoms with Crippen molar-refractivity contribution in [2.75, 3.05) is 0 Å². The molecule has 0 amide bonds. The molecular weight excluding hydrogens is 225 g/mol. The number of carbonyl (C=O) groups excluding carboxylic acids is 1. The first-order valence-corrected chi connectivity index (χ1v) is 5.37. The molecule has 0 fully saturated rings. The fourth-order valence-corrected chi connectivity index (χ4v) is 1.41. The monoisotopic (exact) mass is 239 g/mol. The van der Waals surface area contributed by atoms with Crippen molar-refractivity contribution in [1.29, 1.82) is 0 Å². The minimum Gasteiger partial charge on any atom is -0.299 e. The van der Waals surface area contributed by atoms with Gasteiger partial charge in [-0.15, -0.1) is 0 Å². The number of nitro benzene ring substituents is 1. The summed E-state index contributed by atoms with van der Waals surface area (Å²) < 4.78 is 13.3. The number of benzene rings is 1. The van der Waals surface area contributed by atoms with Gasteiger partial charge in [-0.25, -0.2) is 0 Å². The van der Waals surface area contributed by atoms with Crippen LogP contribution in [0.4, 0.5) is 10.1 Å². The van der Waals surface area contributed by atoms with Crippen LogP contribution in [0.3, 0.4) is 0 Å². The Morgan fingerprint density at radius 3 is 2.59 bits per heavy atom. The summed E-state index contributed by atoms with van der Waals surface area (Å²) in [6.07, 6.45) is 0.737. The molecule has 92 valence electrons. The standard InChI is InChI=1S/C12H14FNO3/c1-8(2)12(15)6-4-9-3-5-11(14(16)17)10(13)7-9/h3,5,7-8H,4,6H2,1-2H3. The van der Waals surface area contributed by atoms with Crippen LogP contribution in [0, 0.1) is 21.8 Å². The molecule has 0 atom stereocenters. The second kappa shape index (κ2) is 5.52. The van der Waals surface area contributed by atoms with E-state index in [2.05, 4.69) is 0 Å². The molecule has 1 rings (SSSR count). The van der Waals surface area contributed by atoms with Gasteiger partial charge >= 0.3 is 5.69 Å². The highest BCUT2D eigenvalue weighted by Gasteiger charge is 2.14. The first-order chi connectivity index (χ1) is 7.91. The Balaban J connectivity index is 2.71. The summed E-state index contributed by atoms with van der Waals surface area (Å²) in [7, 11) is 0. The third-order valence-corrected chi connectivity index (χ3v) is 2.51. The maximum atomic E-state index is 13.3. The summed E-state index contributed by atoms with van der Waals surface area (Å²) in [6.45, 7) is 3.61. The van der Waals surface area contributed by atoms with Gasteiger partial charge in [0, 0.05) is 18.4 Å². The molecule has 0 N–H and O–H groups in total. The van der Waals surface area contributed by atoms with E-state index >= 15 is 0 Å². The van der Waals surface area contributed by atoms with Crippen LogP contribution in [0.2, 0.25) is 0 Å². The van der Waals surface area contributed by atoms with Gasteiger partial charge in [-0.1, -0.05) is 19.9 Å². The minimum absolute atomic E-state index is 0.0436. The van der Waals surface area contributed by atoms with Crippen molar-refractivity contribution in [3.63, 3.8) is 0 Å². The Hall–Kier alpha value is -1.78. The molecule has 0 aliphatic heterocycles. The largest absolute Gasteiger partial charge is 0.304 e. The molecule has 0 radical (unpaired) electrons. The lowest BCUT2D eigenvalue weighted by Gasteiger charge is -2.04. The van der Waals surface area contributed by atoms with Gasteiger partial charge in [0.2, 0.25) is 5.82 Å². The molecule has 0 bridgehead atoms. The minimum atomic E-state index is -0.857. The first kappa shape index (κ1) is 13.3. The van der Waals surface area contributed by atoms with Crippen molar-refractivity contribution in [1.82, 2.24) is 0 Å². The van der Waals surface area contributed by atoms with E-state index in [1.165, 1.54) is 6.07 Å². The van der Waals surface area contributed by atoms with Crippen LogP contribution in [0.1, 0.15) is 25.8 Å². The topological polar surface area (TPSA) is 60.2 Å². The summed E-state index contributed by atoms with van der Waals surface area (Å²) >= 11 is 0. The van der Waals surface area contributed by atoms with Crippen molar-refractivity contribution < 1.29 is 14.1 Å². The SMILES string of the molecule is CC(C)C(=O)CCc1ccc([N+](=O)[O-])c(F)c1. The van der Waals surface area contributed by atoms with E-state index in [-0.39, 0.29) is 11.7 Å². The van der Waals surface area contributed by atoms with Gasteiger partial charge in [0.05, 0.1) is 4.92 Å². The predicted molar refractivity (Wildman–Crippen MR) is 61.2 cm³/mol. The maximum Gasteiger partial charge on any atom is 0.304 e. The first-order valence-electron chi connectivity index (χ1n) is 5.37. The molecule has 0 aliphatic carbocycles. The highest BCUT2D eigenvalue weighted by Crippen LogP contribution is 2.19. The average Bonchev–Trinajstić information content (AvgIpc) is 2.25. The lowest BCUT2D eigenvalue weighted by Crippen LogP contribution is -2.08. The molecule has 4 nitrogen and oxygen atoms in total. The second-order valence-electron chi connectivity index (χ2n) is 4.16. The number of halogens is 1. The number of hydrogen-bond acceptors (Lipinski definition) is 3. The number of rotatable bonds is 5.